The maximum absolute atomic E-state index is 13.3. The average Bonchev–Trinajstić information content (AvgIpc) is 3.65. The minimum Gasteiger partial charge on any atom is -0.478 e. The Morgan fingerprint density at radius 2 is 1.22 bits per heavy atom. The van der Waals surface area contributed by atoms with Crippen molar-refractivity contribution in [2.75, 3.05) is 39.5 Å². The van der Waals surface area contributed by atoms with Crippen molar-refractivity contribution in [3.63, 3.8) is 0 Å². The SMILES string of the molecule is CCN(CC(=O)NC(C)C)C(=O)c1ccc2c(c1)c1c(n2C)CCC(C2CCOCC2)C1.Cn1c2c(c3cc(C(=O)O)ccc31)CC(C1CCOCC1)CC2. The van der Waals surface area contributed by atoms with E-state index >= 15 is 0 Å². The largest absolute Gasteiger partial charge is 0.478 e. The number of hydrogen-bond donors (Lipinski definition) is 2. The summed E-state index contributed by atoms with van der Waals surface area (Å²) in [4.78, 5) is 38.4. The number of carboxylic acid groups (broad SMARTS) is 1. The molecule has 10 nitrogen and oxygen atoms in total. The van der Waals surface area contributed by atoms with Gasteiger partial charge in [-0.15, -0.1) is 0 Å². The highest BCUT2D eigenvalue weighted by atomic mass is 16.5. The highest BCUT2D eigenvalue weighted by Gasteiger charge is 2.32. The van der Waals surface area contributed by atoms with Gasteiger partial charge in [-0.05, 0) is 156 Å². The van der Waals surface area contributed by atoms with Crippen LogP contribution in [0.4, 0.5) is 0 Å². The van der Waals surface area contributed by atoms with Crippen LogP contribution in [0.25, 0.3) is 21.8 Å². The third kappa shape index (κ3) is 8.22. The first-order chi connectivity index (χ1) is 26.5. The topological polar surface area (TPSA) is 115 Å². The fourth-order valence-corrected chi connectivity index (χ4v) is 10.1. The molecule has 2 saturated heterocycles. The monoisotopic (exact) mass is 752 g/mol. The van der Waals surface area contributed by atoms with E-state index in [0.29, 0.717) is 29.5 Å². The summed E-state index contributed by atoms with van der Waals surface area (Å²) < 4.78 is 15.7. The van der Waals surface area contributed by atoms with E-state index in [9.17, 15) is 19.5 Å². The number of nitrogens with zero attached hydrogens (tertiary/aromatic N) is 3. The number of rotatable bonds is 8. The fraction of sp³-hybridized carbons (Fsp3) is 0.578. The maximum Gasteiger partial charge on any atom is 0.335 e. The van der Waals surface area contributed by atoms with E-state index in [1.54, 1.807) is 11.0 Å². The number of benzene rings is 2. The molecule has 2 N–H and O–H groups in total. The normalized spacial score (nSPS) is 20.5. The summed E-state index contributed by atoms with van der Waals surface area (Å²) in [6.45, 7) is 9.93. The zero-order chi connectivity index (χ0) is 38.8. The maximum atomic E-state index is 13.3. The zero-order valence-electron chi connectivity index (χ0n) is 33.5. The lowest BCUT2D eigenvalue weighted by molar-refractivity contribution is -0.122. The Morgan fingerprint density at radius 1 is 0.745 bits per heavy atom. The number of carbonyl (C=O) groups is 3. The van der Waals surface area contributed by atoms with Gasteiger partial charge in [0.1, 0.15) is 0 Å². The Bertz CT molecular complexity index is 2030. The Labute approximate surface area is 325 Å². The highest BCUT2D eigenvalue weighted by molar-refractivity contribution is 6.01. The molecule has 2 aliphatic heterocycles. The molecular formula is C45H60N4O6. The van der Waals surface area contributed by atoms with Gasteiger partial charge in [0.2, 0.25) is 5.91 Å². The number of fused-ring (bicyclic) bond motifs is 6. The van der Waals surface area contributed by atoms with Crippen LogP contribution in [0, 0.1) is 23.7 Å². The van der Waals surface area contributed by atoms with E-state index in [0.717, 1.165) is 74.8 Å². The first-order valence-corrected chi connectivity index (χ1v) is 20.7. The second-order valence-corrected chi connectivity index (χ2v) is 16.7. The molecule has 55 heavy (non-hydrogen) atoms. The standard InChI is InChI=1S/C26H37N3O3.C19H23NO3/c1-5-29(16-25(30)27-17(2)3)26(31)20-7-9-24-22(15-20)21-14-19(6-8-23(21)28(24)4)18-10-12-32-13-11-18;1-20-17-4-2-13(12-6-8-23-9-7-12)10-15(17)16-11-14(19(21)22)3-5-18(16)20/h7,9,15,17-19H,5-6,8,10-14,16H2,1-4H3,(H,27,30);3,5,11-13H,2,4,6-10H2,1H3,(H,21,22). The van der Waals surface area contributed by atoms with Gasteiger partial charge in [-0.2, -0.15) is 0 Å². The van der Waals surface area contributed by atoms with Crippen molar-refractivity contribution >= 4 is 39.6 Å². The van der Waals surface area contributed by atoms with E-state index < -0.39 is 5.97 Å². The van der Waals surface area contributed by atoms with E-state index in [-0.39, 0.29) is 24.4 Å². The summed E-state index contributed by atoms with van der Waals surface area (Å²) in [5.41, 5.74) is 9.01. The lowest BCUT2D eigenvalue weighted by Gasteiger charge is -2.33. The smallest absolute Gasteiger partial charge is 0.335 e. The van der Waals surface area contributed by atoms with Crippen molar-refractivity contribution in [1.82, 2.24) is 19.4 Å². The van der Waals surface area contributed by atoms with Crippen molar-refractivity contribution in [2.24, 2.45) is 37.8 Å². The van der Waals surface area contributed by atoms with Gasteiger partial charge < -0.3 is 33.9 Å². The van der Waals surface area contributed by atoms with Gasteiger partial charge in [0.15, 0.2) is 0 Å². The van der Waals surface area contributed by atoms with Crippen LogP contribution in [0.5, 0.6) is 0 Å². The van der Waals surface area contributed by atoms with Crippen molar-refractivity contribution in [2.45, 2.75) is 91.0 Å². The molecule has 2 unspecified atom stereocenters. The average molecular weight is 753 g/mol. The Morgan fingerprint density at radius 3 is 1.67 bits per heavy atom. The van der Waals surface area contributed by atoms with Gasteiger partial charge in [0.25, 0.3) is 5.91 Å². The van der Waals surface area contributed by atoms with Gasteiger partial charge in [-0.3, -0.25) is 9.59 Å². The molecule has 0 radical (unpaired) electrons. The molecule has 8 rings (SSSR count). The van der Waals surface area contributed by atoms with Crippen LogP contribution in [-0.4, -0.2) is 82.5 Å². The molecule has 2 atom stereocenters. The number of likely N-dealkylation sites (N-methyl/N-ethyl adjacent to an activating group) is 1. The lowest BCUT2D eigenvalue weighted by Crippen LogP contribution is -2.42. The predicted molar refractivity (Wildman–Crippen MR) is 216 cm³/mol. The molecule has 10 heteroatoms. The second-order valence-electron chi connectivity index (χ2n) is 16.7. The summed E-state index contributed by atoms with van der Waals surface area (Å²) in [5, 5.41) is 14.5. The third-order valence-electron chi connectivity index (χ3n) is 13.1. The van der Waals surface area contributed by atoms with Crippen LogP contribution in [0.2, 0.25) is 0 Å². The molecule has 2 aromatic carbocycles. The summed E-state index contributed by atoms with van der Waals surface area (Å²) in [7, 11) is 4.25. The molecule has 0 bridgehead atoms. The van der Waals surface area contributed by atoms with Crippen molar-refractivity contribution in [1.29, 1.82) is 0 Å². The Kier molecular flexibility index (Phi) is 12.0. The van der Waals surface area contributed by atoms with E-state index in [1.807, 2.05) is 39.0 Å². The molecule has 2 fully saturated rings. The molecular weight excluding hydrogens is 693 g/mol. The molecule has 0 spiro atoms. The third-order valence-corrected chi connectivity index (χ3v) is 13.1. The quantitative estimate of drug-likeness (QED) is 0.199. The van der Waals surface area contributed by atoms with E-state index in [1.165, 1.54) is 71.9 Å². The fourth-order valence-electron chi connectivity index (χ4n) is 10.1. The predicted octanol–water partition coefficient (Wildman–Crippen LogP) is 7.10. The van der Waals surface area contributed by atoms with Crippen LogP contribution in [0.3, 0.4) is 0 Å². The second kappa shape index (κ2) is 16.9. The zero-order valence-corrected chi connectivity index (χ0v) is 33.5. The number of aryl methyl sites for hydroxylation is 2. The van der Waals surface area contributed by atoms with Crippen LogP contribution >= 0.6 is 0 Å². The van der Waals surface area contributed by atoms with Crippen molar-refractivity contribution in [3.05, 3.63) is 70.0 Å². The van der Waals surface area contributed by atoms with Crippen LogP contribution in [-0.2, 0) is 54.0 Å². The highest BCUT2D eigenvalue weighted by Crippen LogP contribution is 2.41. The number of carboxylic acids is 1. The molecule has 2 aliphatic carbocycles. The van der Waals surface area contributed by atoms with Gasteiger partial charge in [-0.25, -0.2) is 4.79 Å². The van der Waals surface area contributed by atoms with Crippen LogP contribution in [0.15, 0.2) is 36.4 Å². The molecule has 0 saturated carbocycles. The Hall–Kier alpha value is -4.15. The number of aromatic nitrogens is 2. The van der Waals surface area contributed by atoms with Crippen LogP contribution in [0.1, 0.15) is 103 Å². The minimum atomic E-state index is -0.846. The Balaban J connectivity index is 0.000000178. The number of hydrogen-bond acceptors (Lipinski definition) is 5. The first kappa shape index (κ1) is 39.1. The minimum absolute atomic E-state index is 0.0622. The molecule has 296 valence electrons. The number of carbonyl (C=O) groups excluding carboxylic acids is 2. The van der Waals surface area contributed by atoms with Gasteiger partial charge in [0.05, 0.1) is 12.1 Å². The number of amides is 2. The van der Waals surface area contributed by atoms with E-state index in [2.05, 4.69) is 40.7 Å². The molecule has 4 aliphatic rings. The summed E-state index contributed by atoms with van der Waals surface area (Å²) in [5.74, 6) is 1.87. The number of nitrogens with one attached hydrogen (secondary N) is 1. The van der Waals surface area contributed by atoms with Crippen LogP contribution < -0.4 is 5.32 Å². The molecule has 2 amide bonds. The molecule has 2 aromatic heterocycles. The molecule has 4 heterocycles. The van der Waals surface area contributed by atoms with Gasteiger partial charge in [0, 0.05) is 91.9 Å². The number of aromatic carboxylic acids is 1. The summed E-state index contributed by atoms with van der Waals surface area (Å²) in [6, 6.07) is 11.6. The van der Waals surface area contributed by atoms with Gasteiger partial charge in [-0.1, -0.05) is 0 Å². The first-order valence-electron chi connectivity index (χ1n) is 20.7. The lowest BCUT2D eigenvalue weighted by atomic mass is 9.75. The van der Waals surface area contributed by atoms with Gasteiger partial charge >= 0.3 is 5.97 Å². The number of ether oxygens (including phenoxy) is 2. The van der Waals surface area contributed by atoms with Crippen molar-refractivity contribution < 1.29 is 29.0 Å². The molecule has 4 aromatic rings. The summed E-state index contributed by atoms with van der Waals surface area (Å²) in [6.07, 6.45) is 11.5. The van der Waals surface area contributed by atoms with Crippen molar-refractivity contribution in [3.8, 4) is 0 Å². The summed E-state index contributed by atoms with van der Waals surface area (Å²) >= 11 is 0. The van der Waals surface area contributed by atoms with E-state index in [4.69, 9.17) is 9.47 Å².